The predicted octanol–water partition coefficient (Wildman–Crippen LogP) is 1.90. The average Bonchev–Trinajstić information content (AvgIpc) is 2.91. The molecule has 0 aliphatic heterocycles. The van der Waals surface area contributed by atoms with E-state index in [0.29, 0.717) is 11.1 Å². The molecule has 0 fully saturated rings. The van der Waals surface area contributed by atoms with E-state index in [1.807, 2.05) is 0 Å². The van der Waals surface area contributed by atoms with Crippen molar-refractivity contribution in [3.63, 3.8) is 0 Å². The molecule has 0 heterocycles. The van der Waals surface area contributed by atoms with Gasteiger partial charge in [-0.25, -0.2) is 0 Å². The van der Waals surface area contributed by atoms with Crippen LogP contribution in [-0.4, -0.2) is 79.6 Å². The zero-order valence-electron chi connectivity index (χ0n) is 22.5. The molecule has 12 nitrogen and oxygen atoms in total. The maximum Gasteiger partial charge on any atom is 0.255 e. The van der Waals surface area contributed by atoms with Gasteiger partial charge in [-0.2, -0.15) is 0 Å². The third-order valence-electron chi connectivity index (χ3n) is 8.27. The molecule has 0 radical (unpaired) electrons. The number of aromatic hydroxyl groups is 2. The molecule has 3 aliphatic rings. The molecule has 13 heteroatoms. The van der Waals surface area contributed by atoms with Crippen LogP contribution in [0.25, 0.3) is 0 Å². The van der Waals surface area contributed by atoms with Crippen molar-refractivity contribution in [2.75, 3.05) is 19.4 Å². The van der Waals surface area contributed by atoms with Crippen LogP contribution in [0.2, 0.25) is 0 Å². The molecule has 0 saturated heterocycles. The van der Waals surface area contributed by atoms with E-state index in [1.54, 1.807) is 20.2 Å². The highest BCUT2D eigenvalue weighted by Crippen LogP contribution is 2.52. The SMILES string of the molecule is CN(C)[C@@H]1C(O)=C(C(N)=O)C(=O)[C@@]2(O)C(O)=C3C(=O)c4c(ccc(NC(=O)C(Br)c5ccc(O)cc5)c4O)CC3CC12. The number of carbonyl (C=O) groups is 4. The first-order valence-corrected chi connectivity index (χ1v) is 13.8. The highest BCUT2D eigenvalue weighted by molar-refractivity contribution is 9.09. The summed E-state index contributed by atoms with van der Waals surface area (Å²) in [5.74, 6) is -8.03. The third kappa shape index (κ3) is 4.27. The fraction of sp³-hybridized carbons (Fsp3) is 0.310. The number of phenolic OH excluding ortho intramolecular Hbond substituents is 2. The van der Waals surface area contributed by atoms with Gasteiger partial charge in [-0.05, 0) is 62.2 Å². The second-order valence-electron chi connectivity index (χ2n) is 10.9. The summed E-state index contributed by atoms with van der Waals surface area (Å²) in [5.41, 5.74) is 2.06. The van der Waals surface area contributed by atoms with Gasteiger partial charge in [0.05, 0.1) is 17.3 Å². The molecular weight excluding hydrogens is 614 g/mol. The summed E-state index contributed by atoms with van der Waals surface area (Å²) in [4.78, 5) is 52.8. The van der Waals surface area contributed by atoms with Crippen molar-refractivity contribution in [3.05, 3.63) is 75.8 Å². The zero-order valence-corrected chi connectivity index (χ0v) is 24.0. The number of fused-ring (bicyclic) bond motifs is 3. The Morgan fingerprint density at radius 1 is 1.07 bits per heavy atom. The lowest BCUT2D eigenvalue weighted by atomic mass is 9.58. The number of likely N-dealkylation sites (N-methyl/N-ethyl adjacent to an activating group) is 1. The Labute approximate surface area is 247 Å². The van der Waals surface area contributed by atoms with Crippen molar-refractivity contribution in [1.29, 1.82) is 0 Å². The Morgan fingerprint density at radius 2 is 1.71 bits per heavy atom. The number of nitrogens with one attached hydrogen (secondary N) is 1. The number of nitrogens with two attached hydrogens (primary N) is 1. The maximum absolute atomic E-state index is 13.8. The number of hydrogen-bond donors (Lipinski definition) is 7. The molecule has 5 rings (SSSR count). The second kappa shape index (κ2) is 10.3. The Hall–Kier alpha value is -4.20. The number of halogens is 1. The van der Waals surface area contributed by atoms with E-state index in [-0.39, 0.29) is 35.4 Å². The van der Waals surface area contributed by atoms with Crippen molar-refractivity contribution in [1.82, 2.24) is 4.90 Å². The number of nitrogens with zero attached hydrogens (tertiary/aromatic N) is 1. The van der Waals surface area contributed by atoms with Gasteiger partial charge in [0.15, 0.2) is 17.1 Å². The van der Waals surface area contributed by atoms with Crippen LogP contribution in [0.5, 0.6) is 11.5 Å². The summed E-state index contributed by atoms with van der Waals surface area (Å²) in [6.45, 7) is 0. The highest BCUT2D eigenvalue weighted by atomic mass is 79.9. The molecule has 8 N–H and O–H groups in total. The monoisotopic (exact) mass is 641 g/mol. The molecule has 42 heavy (non-hydrogen) atoms. The van der Waals surface area contributed by atoms with E-state index >= 15 is 0 Å². The quantitative estimate of drug-likeness (QED) is 0.143. The maximum atomic E-state index is 13.8. The fourth-order valence-electron chi connectivity index (χ4n) is 6.32. The number of alkyl halides is 1. The van der Waals surface area contributed by atoms with Gasteiger partial charge in [-0.15, -0.1) is 0 Å². The van der Waals surface area contributed by atoms with E-state index in [0.717, 1.165) is 0 Å². The number of Topliss-reactive ketones (excluding diaryl/α,β-unsaturated/α-hetero) is 2. The number of phenols is 2. The Kier molecular flexibility index (Phi) is 7.16. The first-order chi connectivity index (χ1) is 19.7. The summed E-state index contributed by atoms with van der Waals surface area (Å²) in [6.07, 6.45) is 0.105. The van der Waals surface area contributed by atoms with Crippen LogP contribution in [-0.2, 0) is 20.8 Å². The molecule has 2 amide bonds. The summed E-state index contributed by atoms with van der Waals surface area (Å²) in [7, 11) is 3.11. The van der Waals surface area contributed by atoms with Crippen molar-refractivity contribution < 1.29 is 44.7 Å². The van der Waals surface area contributed by atoms with Crippen molar-refractivity contribution in [2.45, 2.75) is 29.3 Å². The molecule has 0 bridgehead atoms. The molecule has 220 valence electrons. The number of aliphatic hydroxyl groups excluding tert-OH is 2. The minimum absolute atomic E-state index is 0.0186. The van der Waals surface area contributed by atoms with Gasteiger partial charge >= 0.3 is 0 Å². The number of anilines is 1. The smallest absolute Gasteiger partial charge is 0.255 e. The first-order valence-electron chi connectivity index (χ1n) is 12.9. The van der Waals surface area contributed by atoms with Crippen molar-refractivity contribution in [2.24, 2.45) is 17.6 Å². The number of aliphatic hydroxyl groups is 3. The Morgan fingerprint density at radius 3 is 2.31 bits per heavy atom. The standard InChI is InChI=1S/C29H28BrN3O9/c1-33(2)21-15-10-13-9-12-5-8-16(32-28(41)20(30)11-3-6-14(34)7-4-11)22(35)17(12)23(36)18(13)25(38)29(15,42)26(39)19(24(21)37)27(31)40/h3-8,13,15,20-21,34-35,37-38,42H,9-10H2,1-2H3,(H2,31,40)(H,32,41)/t13?,15?,20?,21-,29-/m0/s1. The van der Waals surface area contributed by atoms with E-state index in [9.17, 15) is 44.7 Å². The topological polar surface area (TPSA) is 211 Å². The fourth-order valence-corrected chi connectivity index (χ4v) is 6.74. The van der Waals surface area contributed by atoms with Gasteiger partial charge in [0.2, 0.25) is 11.7 Å². The number of amides is 2. The van der Waals surface area contributed by atoms with Crippen LogP contribution in [0.4, 0.5) is 5.69 Å². The molecule has 3 aliphatic carbocycles. The summed E-state index contributed by atoms with van der Waals surface area (Å²) < 4.78 is 0. The van der Waals surface area contributed by atoms with Crippen LogP contribution in [0, 0.1) is 11.8 Å². The summed E-state index contributed by atoms with van der Waals surface area (Å²) >= 11 is 3.28. The van der Waals surface area contributed by atoms with Gasteiger partial charge < -0.3 is 36.6 Å². The van der Waals surface area contributed by atoms with Crippen molar-refractivity contribution >= 4 is 45.0 Å². The number of benzene rings is 2. The number of primary amides is 1. The summed E-state index contributed by atoms with van der Waals surface area (Å²) in [5, 5.41) is 57.0. The van der Waals surface area contributed by atoms with Crippen LogP contribution in [0.3, 0.4) is 0 Å². The van der Waals surface area contributed by atoms with Gasteiger partial charge in [0, 0.05) is 11.5 Å². The normalized spacial score (nSPS) is 26.0. The van der Waals surface area contributed by atoms with Crippen LogP contribution >= 0.6 is 15.9 Å². The average molecular weight is 642 g/mol. The molecule has 5 atom stereocenters. The molecule has 2 aromatic carbocycles. The molecule has 0 aromatic heterocycles. The zero-order chi connectivity index (χ0) is 30.8. The van der Waals surface area contributed by atoms with E-state index in [4.69, 9.17) is 5.73 Å². The van der Waals surface area contributed by atoms with Gasteiger partial charge in [0.1, 0.15) is 27.7 Å². The second-order valence-corrected chi connectivity index (χ2v) is 11.8. The molecule has 0 spiro atoms. The number of rotatable bonds is 5. The predicted molar refractivity (Wildman–Crippen MR) is 152 cm³/mol. The minimum atomic E-state index is -2.74. The number of hydrogen-bond acceptors (Lipinski definition) is 10. The lowest BCUT2D eigenvalue weighted by Gasteiger charge is -2.50. The van der Waals surface area contributed by atoms with Gasteiger partial charge in [-0.3, -0.25) is 24.1 Å². The lowest BCUT2D eigenvalue weighted by molar-refractivity contribution is -0.148. The Balaban J connectivity index is 1.54. The lowest BCUT2D eigenvalue weighted by Crippen LogP contribution is -2.63. The Bertz CT molecular complexity index is 1610. The molecule has 3 unspecified atom stereocenters. The van der Waals surface area contributed by atoms with E-state index < -0.39 is 74.5 Å². The van der Waals surface area contributed by atoms with Gasteiger partial charge in [-0.1, -0.05) is 34.1 Å². The van der Waals surface area contributed by atoms with Crippen LogP contribution in [0.15, 0.2) is 59.1 Å². The third-order valence-corrected chi connectivity index (χ3v) is 9.21. The largest absolute Gasteiger partial charge is 0.510 e. The first kappa shape index (κ1) is 29.3. The molecule has 0 saturated carbocycles. The van der Waals surface area contributed by atoms with E-state index in [1.165, 1.54) is 35.2 Å². The van der Waals surface area contributed by atoms with Crippen molar-refractivity contribution in [3.8, 4) is 11.5 Å². The molecule has 2 aromatic rings. The number of ketones is 2. The van der Waals surface area contributed by atoms with Crippen LogP contribution in [0.1, 0.15) is 32.7 Å². The van der Waals surface area contributed by atoms with Crippen LogP contribution < -0.4 is 11.1 Å². The summed E-state index contributed by atoms with van der Waals surface area (Å²) in [6, 6.07) is 7.80. The number of allylic oxidation sites excluding steroid dienone is 1. The van der Waals surface area contributed by atoms with Gasteiger partial charge in [0.25, 0.3) is 5.91 Å². The number of carbonyl (C=O) groups excluding carboxylic acids is 4. The highest BCUT2D eigenvalue weighted by Gasteiger charge is 2.63. The van der Waals surface area contributed by atoms with E-state index in [2.05, 4.69) is 21.2 Å². The minimum Gasteiger partial charge on any atom is -0.510 e. The molecular formula is C29H28BrN3O9.